The fourth-order valence-electron chi connectivity index (χ4n) is 3.27. The molecule has 1 fully saturated rings. The lowest BCUT2D eigenvalue weighted by atomic mass is 9.88. The van der Waals surface area contributed by atoms with E-state index in [4.69, 9.17) is 10.3 Å². The van der Waals surface area contributed by atoms with Gasteiger partial charge in [-0.15, -0.1) is 0 Å². The van der Waals surface area contributed by atoms with Crippen LogP contribution in [0.5, 0.6) is 0 Å². The lowest BCUT2D eigenvalue weighted by molar-refractivity contribution is -0.147. The summed E-state index contributed by atoms with van der Waals surface area (Å²) in [5.74, 6) is -1.36. The maximum absolute atomic E-state index is 13.2. The highest BCUT2D eigenvalue weighted by Gasteiger charge is 2.42. The first kappa shape index (κ1) is 19.3. The maximum atomic E-state index is 13.2. The third-order valence-corrected chi connectivity index (χ3v) is 4.68. The molecule has 0 aromatic carbocycles. The van der Waals surface area contributed by atoms with Crippen LogP contribution in [0.15, 0.2) is 24.4 Å². The fourth-order valence-corrected chi connectivity index (χ4v) is 3.27. The SMILES string of the molecule is C[C@@]1(c2ccccn2)CNCCN1C(=O)C(CCCO)CC(=O)NO. The van der Waals surface area contributed by atoms with Crippen molar-refractivity contribution in [2.75, 3.05) is 26.2 Å². The van der Waals surface area contributed by atoms with E-state index in [0.29, 0.717) is 32.5 Å². The third-order valence-electron chi connectivity index (χ3n) is 4.68. The Hall–Kier alpha value is -2.03. The zero-order chi connectivity index (χ0) is 18.3. The van der Waals surface area contributed by atoms with Crippen LogP contribution in [0.1, 0.15) is 31.9 Å². The smallest absolute Gasteiger partial charge is 0.244 e. The Kier molecular flexibility index (Phi) is 6.86. The van der Waals surface area contributed by atoms with E-state index in [1.54, 1.807) is 16.6 Å². The van der Waals surface area contributed by atoms with Crippen LogP contribution >= 0.6 is 0 Å². The molecule has 8 heteroatoms. The molecule has 4 N–H and O–H groups in total. The van der Waals surface area contributed by atoms with Crippen LogP contribution < -0.4 is 10.8 Å². The number of nitrogens with zero attached hydrogens (tertiary/aromatic N) is 2. The molecule has 1 aromatic rings. The van der Waals surface area contributed by atoms with Gasteiger partial charge >= 0.3 is 0 Å². The average molecular weight is 350 g/mol. The van der Waals surface area contributed by atoms with Gasteiger partial charge in [-0.1, -0.05) is 6.07 Å². The second kappa shape index (κ2) is 8.89. The lowest BCUT2D eigenvalue weighted by Crippen LogP contribution is -2.61. The molecule has 2 atom stereocenters. The number of carbonyl (C=O) groups is 2. The summed E-state index contributed by atoms with van der Waals surface area (Å²) in [5.41, 5.74) is 1.74. The standard InChI is InChI=1S/C17H26N4O4/c1-17(14-6-2-3-7-19-14)12-18-8-9-21(17)16(24)13(5-4-10-22)11-15(23)20-25/h2-3,6-7,13,18,22,25H,4-5,8-12H2,1H3,(H,20,23)/t13?,17-/m0/s1. The van der Waals surface area contributed by atoms with Gasteiger partial charge in [0, 0.05) is 44.8 Å². The molecule has 25 heavy (non-hydrogen) atoms. The van der Waals surface area contributed by atoms with Crippen molar-refractivity contribution in [3.63, 3.8) is 0 Å². The van der Waals surface area contributed by atoms with Gasteiger partial charge in [-0.05, 0) is 31.9 Å². The average Bonchev–Trinajstić information content (AvgIpc) is 2.65. The van der Waals surface area contributed by atoms with Gasteiger partial charge in [0.25, 0.3) is 0 Å². The van der Waals surface area contributed by atoms with Crippen LogP contribution in [-0.4, -0.2) is 58.3 Å². The third kappa shape index (κ3) is 4.53. The second-order valence-electron chi connectivity index (χ2n) is 6.46. The molecule has 1 aliphatic heterocycles. The van der Waals surface area contributed by atoms with Crippen molar-refractivity contribution in [3.05, 3.63) is 30.1 Å². The van der Waals surface area contributed by atoms with Crippen LogP contribution in [0.4, 0.5) is 0 Å². The molecule has 0 bridgehead atoms. The summed E-state index contributed by atoms with van der Waals surface area (Å²) in [7, 11) is 0. The number of aliphatic hydroxyl groups is 1. The van der Waals surface area contributed by atoms with E-state index in [0.717, 1.165) is 5.69 Å². The highest BCUT2D eigenvalue weighted by Crippen LogP contribution is 2.31. The van der Waals surface area contributed by atoms with Gasteiger partial charge in [0.05, 0.1) is 11.2 Å². The van der Waals surface area contributed by atoms with E-state index >= 15 is 0 Å². The first-order valence-corrected chi connectivity index (χ1v) is 8.50. The van der Waals surface area contributed by atoms with Crippen LogP contribution in [0.25, 0.3) is 0 Å². The minimum absolute atomic E-state index is 0.0520. The largest absolute Gasteiger partial charge is 0.396 e. The highest BCUT2D eigenvalue weighted by molar-refractivity contribution is 5.86. The summed E-state index contributed by atoms with van der Waals surface area (Å²) >= 11 is 0. The number of piperazine rings is 1. The van der Waals surface area contributed by atoms with Crippen LogP contribution in [-0.2, 0) is 15.1 Å². The molecule has 138 valence electrons. The molecule has 2 heterocycles. The number of hydroxylamine groups is 1. The zero-order valence-electron chi connectivity index (χ0n) is 14.4. The number of pyridine rings is 1. The lowest BCUT2D eigenvalue weighted by Gasteiger charge is -2.46. The summed E-state index contributed by atoms with van der Waals surface area (Å²) in [4.78, 5) is 30.9. The summed E-state index contributed by atoms with van der Waals surface area (Å²) in [6.45, 7) is 3.63. The Labute approximate surface area is 147 Å². The van der Waals surface area contributed by atoms with Crippen molar-refractivity contribution < 1.29 is 19.9 Å². The molecule has 2 rings (SSSR count). The summed E-state index contributed by atoms with van der Waals surface area (Å²) in [6.07, 6.45) is 2.38. The van der Waals surface area contributed by atoms with E-state index < -0.39 is 17.4 Å². The van der Waals surface area contributed by atoms with E-state index in [9.17, 15) is 9.59 Å². The van der Waals surface area contributed by atoms with Gasteiger partial charge in [-0.3, -0.25) is 19.8 Å². The number of hydrogen-bond donors (Lipinski definition) is 4. The van der Waals surface area contributed by atoms with Gasteiger partial charge < -0.3 is 15.3 Å². The number of amides is 2. The minimum atomic E-state index is -0.621. The zero-order valence-corrected chi connectivity index (χ0v) is 14.4. The Morgan fingerprint density at radius 3 is 2.92 bits per heavy atom. The van der Waals surface area contributed by atoms with Crippen molar-refractivity contribution in [1.29, 1.82) is 0 Å². The molecular weight excluding hydrogens is 324 g/mol. The summed E-state index contributed by atoms with van der Waals surface area (Å²) in [5, 5.41) is 21.2. The number of carbonyl (C=O) groups excluding carboxylic acids is 2. The minimum Gasteiger partial charge on any atom is -0.396 e. The molecule has 1 saturated heterocycles. The van der Waals surface area contributed by atoms with E-state index in [-0.39, 0.29) is 18.9 Å². The number of nitrogens with one attached hydrogen (secondary N) is 2. The topological polar surface area (TPSA) is 115 Å². The summed E-state index contributed by atoms with van der Waals surface area (Å²) < 4.78 is 0. The molecule has 0 saturated carbocycles. The second-order valence-corrected chi connectivity index (χ2v) is 6.46. The van der Waals surface area contributed by atoms with Crippen molar-refractivity contribution in [2.45, 2.75) is 31.7 Å². The molecule has 0 aliphatic carbocycles. The van der Waals surface area contributed by atoms with Crippen molar-refractivity contribution in [1.82, 2.24) is 20.7 Å². The number of aromatic nitrogens is 1. The Balaban J connectivity index is 2.26. The van der Waals surface area contributed by atoms with Crippen LogP contribution in [0.3, 0.4) is 0 Å². The predicted octanol–water partition coefficient (Wildman–Crippen LogP) is 0.0128. The monoisotopic (exact) mass is 350 g/mol. The highest BCUT2D eigenvalue weighted by atomic mass is 16.5. The normalized spacial score (nSPS) is 21.6. The van der Waals surface area contributed by atoms with Gasteiger partial charge in [-0.2, -0.15) is 0 Å². The van der Waals surface area contributed by atoms with E-state index in [1.165, 1.54) is 0 Å². The molecule has 0 radical (unpaired) electrons. The number of rotatable bonds is 7. The molecule has 1 aromatic heterocycles. The van der Waals surface area contributed by atoms with Crippen molar-refractivity contribution in [3.8, 4) is 0 Å². The van der Waals surface area contributed by atoms with Crippen molar-refractivity contribution in [2.24, 2.45) is 5.92 Å². The Morgan fingerprint density at radius 1 is 1.48 bits per heavy atom. The first-order valence-electron chi connectivity index (χ1n) is 8.50. The van der Waals surface area contributed by atoms with Crippen LogP contribution in [0, 0.1) is 5.92 Å². The quantitative estimate of drug-likeness (QED) is 0.407. The van der Waals surface area contributed by atoms with E-state index in [2.05, 4.69) is 10.3 Å². The maximum Gasteiger partial charge on any atom is 0.244 e. The molecule has 0 spiro atoms. The van der Waals surface area contributed by atoms with Gasteiger partial charge in [0.15, 0.2) is 0 Å². The number of hydrogen-bond acceptors (Lipinski definition) is 6. The molecule has 8 nitrogen and oxygen atoms in total. The first-order chi connectivity index (χ1) is 12.0. The fraction of sp³-hybridized carbons (Fsp3) is 0.588. The van der Waals surface area contributed by atoms with Gasteiger partial charge in [0.1, 0.15) is 0 Å². The molecule has 2 amide bonds. The predicted molar refractivity (Wildman–Crippen MR) is 90.5 cm³/mol. The molecule has 1 aliphatic rings. The molecular formula is C17H26N4O4. The Bertz CT molecular complexity index is 583. The van der Waals surface area contributed by atoms with Crippen LogP contribution in [0.2, 0.25) is 0 Å². The Morgan fingerprint density at radius 2 is 2.28 bits per heavy atom. The van der Waals surface area contributed by atoms with Crippen molar-refractivity contribution >= 4 is 11.8 Å². The number of aliphatic hydroxyl groups excluding tert-OH is 1. The van der Waals surface area contributed by atoms with E-state index in [1.807, 2.05) is 25.1 Å². The van der Waals surface area contributed by atoms with Gasteiger partial charge in [0.2, 0.25) is 11.8 Å². The van der Waals surface area contributed by atoms with Gasteiger partial charge in [-0.25, -0.2) is 5.48 Å². The molecule has 1 unspecified atom stereocenters. The summed E-state index contributed by atoms with van der Waals surface area (Å²) in [6, 6.07) is 5.59.